The van der Waals surface area contributed by atoms with Crippen LogP contribution in [0.4, 0.5) is 10.1 Å². The number of nitrogens with one attached hydrogen (secondary N) is 1. The van der Waals surface area contributed by atoms with Gasteiger partial charge in [0.25, 0.3) is 0 Å². The van der Waals surface area contributed by atoms with Gasteiger partial charge in [0.15, 0.2) is 0 Å². The standard InChI is InChI=1S/C14H11Cl3FN/c1-8(9-5-6-10(15)12(17)7-9)19-14-11(16)3-2-4-13(14)18/h2-8,19H,1H3. The van der Waals surface area contributed by atoms with Crippen LogP contribution >= 0.6 is 34.8 Å². The van der Waals surface area contributed by atoms with Crippen LogP contribution in [0, 0.1) is 5.82 Å². The second-order valence-corrected chi connectivity index (χ2v) is 5.36. The molecule has 19 heavy (non-hydrogen) atoms. The topological polar surface area (TPSA) is 12.0 Å². The summed E-state index contributed by atoms with van der Waals surface area (Å²) in [6.07, 6.45) is 0. The molecule has 0 bridgehead atoms. The highest BCUT2D eigenvalue weighted by atomic mass is 35.5. The van der Waals surface area contributed by atoms with Gasteiger partial charge in [0.1, 0.15) is 5.82 Å². The molecule has 0 fully saturated rings. The zero-order valence-corrected chi connectivity index (χ0v) is 12.3. The van der Waals surface area contributed by atoms with Gasteiger partial charge in [-0.3, -0.25) is 0 Å². The van der Waals surface area contributed by atoms with Crippen LogP contribution < -0.4 is 5.32 Å². The average Bonchev–Trinajstić information content (AvgIpc) is 2.37. The van der Waals surface area contributed by atoms with E-state index in [9.17, 15) is 4.39 Å². The molecule has 1 nitrogen and oxygen atoms in total. The van der Waals surface area contributed by atoms with Crippen LogP contribution in [0.3, 0.4) is 0 Å². The Hall–Kier alpha value is -0.960. The average molecular weight is 319 g/mol. The normalized spacial score (nSPS) is 12.3. The zero-order valence-electron chi connectivity index (χ0n) is 10.1. The Morgan fingerprint density at radius 2 is 1.74 bits per heavy atom. The molecule has 0 heterocycles. The van der Waals surface area contributed by atoms with E-state index in [1.807, 2.05) is 13.0 Å². The van der Waals surface area contributed by atoms with E-state index < -0.39 is 0 Å². The third-order valence-corrected chi connectivity index (χ3v) is 3.82. The Bertz CT molecular complexity index is 581. The van der Waals surface area contributed by atoms with Crippen LogP contribution in [-0.4, -0.2) is 0 Å². The molecule has 0 spiro atoms. The molecule has 2 rings (SSSR count). The smallest absolute Gasteiger partial charge is 0.147 e. The number of para-hydroxylation sites is 1. The van der Waals surface area contributed by atoms with Crippen LogP contribution in [0.25, 0.3) is 0 Å². The summed E-state index contributed by atoms with van der Waals surface area (Å²) in [6, 6.07) is 9.69. The first-order valence-electron chi connectivity index (χ1n) is 5.64. The summed E-state index contributed by atoms with van der Waals surface area (Å²) in [7, 11) is 0. The molecule has 1 unspecified atom stereocenters. The van der Waals surface area contributed by atoms with Crippen LogP contribution in [0.1, 0.15) is 18.5 Å². The Labute approximate surface area is 126 Å². The molecule has 2 aromatic rings. The predicted octanol–water partition coefficient (Wildman–Crippen LogP) is 5.96. The van der Waals surface area contributed by atoms with Gasteiger partial charge < -0.3 is 5.32 Å². The van der Waals surface area contributed by atoms with Gasteiger partial charge in [-0.15, -0.1) is 0 Å². The maximum absolute atomic E-state index is 13.7. The molecular weight excluding hydrogens is 308 g/mol. The van der Waals surface area contributed by atoms with E-state index >= 15 is 0 Å². The summed E-state index contributed by atoms with van der Waals surface area (Å²) >= 11 is 17.8. The minimum atomic E-state index is -0.389. The van der Waals surface area contributed by atoms with Gasteiger partial charge in [0.05, 0.1) is 20.8 Å². The molecule has 0 saturated heterocycles. The molecule has 0 aromatic heterocycles. The van der Waals surface area contributed by atoms with E-state index in [2.05, 4.69) is 5.32 Å². The van der Waals surface area contributed by atoms with Crippen molar-refractivity contribution in [2.24, 2.45) is 0 Å². The molecule has 1 N–H and O–H groups in total. The maximum atomic E-state index is 13.7. The molecule has 0 aliphatic heterocycles. The van der Waals surface area contributed by atoms with E-state index in [1.165, 1.54) is 6.07 Å². The SMILES string of the molecule is CC(Nc1c(F)cccc1Cl)c1ccc(Cl)c(Cl)c1. The van der Waals surface area contributed by atoms with Crippen molar-refractivity contribution in [2.75, 3.05) is 5.32 Å². The Balaban J connectivity index is 2.25. The van der Waals surface area contributed by atoms with Crippen molar-refractivity contribution in [3.63, 3.8) is 0 Å². The van der Waals surface area contributed by atoms with Crippen molar-refractivity contribution in [3.05, 3.63) is 62.8 Å². The Morgan fingerprint density at radius 3 is 2.37 bits per heavy atom. The van der Waals surface area contributed by atoms with E-state index in [-0.39, 0.29) is 17.5 Å². The first-order valence-corrected chi connectivity index (χ1v) is 6.78. The van der Waals surface area contributed by atoms with Crippen LogP contribution in [0.15, 0.2) is 36.4 Å². The third-order valence-electron chi connectivity index (χ3n) is 2.77. The first kappa shape index (κ1) is 14.4. The van der Waals surface area contributed by atoms with Crippen molar-refractivity contribution < 1.29 is 4.39 Å². The monoisotopic (exact) mass is 317 g/mol. The second kappa shape index (κ2) is 6.00. The van der Waals surface area contributed by atoms with E-state index in [4.69, 9.17) is 34.8 Å². The fraction of sp³-hybridized carbons (Fsp3) is 0.143. The van der Waals surface area contributed by atoms with Gasteiger partial charge in [-0.2, -0.15) is 0 Å². The quantitative estimate of drug-likeness (QED) is 0.736. The fourth-order valence-corrected chi connectivity index (χ4v) is 2.24. The number of rotatable bonds is 3. The molecular formula is C14H11Cl3FN. The van der Waals surface area contributed by atoms with E-state index in [0.29, 0.717) is 15.1 Å². The van der Waals surface area contributed by atoms with E-state index in [0.717, 1.165) is 5.56 Å². The van der Waals surface area contributed by atoms with Gasteiger partial charge in [-0.25, -0.2) is 4.39 Å². The lowest BCUT2D eigenvalue weighted by Gasteiger charge is -2.17. The molecule has 5 heteroatoms. The summed E-state index contributed by atoms with van der Waals surface area (Å²) in [5.41, 5.74) is 1.18. The van der Waals surface area contributed by atoms with Crippen molar-refractivity contribution in [3.8, 4) is 0 Å². The molecule has 100 valence electrons. The molecule has 0 aliphatic rings. The largest absolute Gasteiger partial charge is 0.375 e. The lowest BCUT2D eigenvalue weighted by atomic mass is 10.1. The highest BCUT2D eigenvalue weighted by molar-refractivity contribution is 6.42. The molecule has 2 aromatic carbocycles. The summed E-state index contributed by atoms with van der Waals surface area (Å²) in [5.74, 6) is -0.389. The van der Waals surface area contributed by atoms with Gasteiger partial charge in [0.2, 0.25) is 0 Å². The van der Waals surface area contributed by atoms with Crippen molar-refractivity contribution in [2.45, 2.75) is 13.0 Å². The van der Waals surface area contributed by atoms with E-state index in [1.54, 1.807) is 24.3 Å². The Morgan fingerprint density at radius 1 is 1.00 bits per heavy atom. The predicted molar refractivity (Wildman–Crippen MR) is 79.9 cm³/mol. The summed E-state index contributed by atoms with van der Waals surface area (Å²) < 4.78 is 13.7. The van der Waals surface area contributed by atoms with Gasteiger partial charge in [-0.05, 0) is 36.8 Å². The lowest BCUT2D eigenvalue weighted by molar-refractivity contribution is 0.627. The lowest BCUT2D eigenvalue weighted by Crippen LogP contribution is -2.08. The minimum absolute atomic E-state index is 0.149. The summed E-state index contributed by atoms with van der Waals surface area (Å²) in [4.78, 5) is 0. The fourth-order valence-electron chi connectivity index (χ4n) is 1.72. The van der Waals surface area contributed by atoms with Crippen molar-refractivity contribution in [1.29, 1.82) is 0 Å². The number of anilines is 1. The molecule has 0 amide bonds. The minimum Gasteiger partial charge on any atom is -0.375 e. The van der Waals surface area contributed by atoms with Crippen LogP contribution in [0.2, 0.25) is 15.1 Å². The molecule has 0 saturated carbocycles. The van der Waals surface area contributed by atoms with Crippen molar-refractivity contribution >= 4 is 40.5 Å². The highest BCUT2D eigenvalue weighted by Crippen LogP contribution is 2.31. The van der Waals surface area contributed by atoms with Crippen LogP contribution in [-0.2, 0) is 0 Å². The Kier molecular flexibility index (Phi) is 4.56. The van der Waals surface area contributed by atoms with Crippen LogP contribution in [0.5, 0.6) is 0 Å². The van der Waals surface area contributed by atoms with Gasteiger partial charge >= 0.3 is 0 Å². The second-order valence-electron chi connectivity index (χ2n) is 4.14. The zero-order chi connectivity index (χ0) is 14.0. The third kappa shape index (κ3) is 3.33. The summed E-state index contributed by atoms with van der Waals surface area (Å²) in [5, 5.41) is 4.33. The van der Waals surface area contributed by atoms with Gasteiger partial charge in [0, 0.05) is 6.04 Å². The molecule has 1 atom stereocenters. The number of hydrogen-bond acceptors (Lipinski definition) is 1. The van der Waals surface area contributed by atoms with Crippen molar-refractivity contribution in [1.82, 2.24) is 0 Å². The summed E-state index contributed by atoms with van der Waals surface area (Å²) in [6.45, 7) is 1.89. The number of halogens is 4. The number of benzene rings is 2. The number of hydrogen-bond donors (Lipinski definition) is 1. The molecule has 0 aliphatic carbocycles. The highest BCUT2D eigenvalue weighted by Gasteiger charge is 2.12. The van der Waals surface area contributed by atoms with Gasteiger partial charge in [-0.1, -0.05) is 46.9 Å². The maximum Gasteiger partial charge on any atom is 0.147 e. The first-order chi connectivity index (χ1) is 8.99. The molecule has 0 radical (unpaired) electrons.